The zero-order valence-corrected chi connectivity index (χ0v) is 31.5. The Labute approximate surface area is 328 Å². The fourth-order valence-corrected chi connectivity index (χ4v) is 8.39. The third kappa shape index (κ3) is 7.73. The number of alkyl halides is 4. The molecular formula is C38H32ClF5N6O6S. The summed E-state index contributed by atoms with van der Waals surface area (Å²) in [5, 5.41) is 16.1. The van der Waals surface area contributed by atoms with Crippen molar-refractivity contribution < 1.29 is 50.5 Å². The van der Waals surface area contributed by atoms with Gasteiger partial charge in [0.25, 0.3) is 6.01 Å². The van der Waals surface area contributed by atoms with Crippen LogP contribution in [0.2, 0.25) is 5.02 Å². The van der Waals surface area contributed by atoms with Crippen LogP contribution in [0.1, 0.15) is 17.4 Å². The predicted octanol–water partition coefficient (Wildman–Crippen LogP) is 8.04. The second-order valence-corrected chi connectivity index (χ2v) is 14.8. The molecule has 5 heterocycles. The molecule has 0 bridgehead atoms. The number of hydrogen-bond acceptors (Lipinski definition) is 11. The zero-order valence-electron chi connectivity index (χ0n) is 29.9. The molecule has 0 radical (unpaired) electrons. The van der Waals surface area contributed by atoms with Gasteiger partial charge in [-0.15, -0.1) is 11.3 Å². The van der Waals surface area contributed by atoms with Crippen LogP contribution in [0.5, 0.6) is 17.4 Å². The number of fused-ring (bicyclic) bond motifs is 8. The average Bonchev–Trinajstić information content (AvgIpc) is 3.90. The van der Waals surface area contributed by atoms with Crippen molar-refractivity contribution in [2.24, 2.45) is 0 Å². The third-order valence-corrected chi connectivity index (χ3v) is 11.2. The van der Waals surface area contributed by atoms with Gasteiger partial charge in [0, 0.05) is 66.7 Å². The molecule has 12 nitrogen and oxygen atoms in total. The van der Waals surface area contributed by atoms with E-state index in [4.69, 9.17) is 30.2 Å². The second kappa shape index (κ2) is 15.6. The number of carboxylic acid groups (broad SMARTS) is 1. The minimum Gasteiger partial charge on any atom is -0.491 e. The lowest BCUT2D eigenvalue weighted by Gasteiger charge is -2.32. The molecule has 0 amide bonds. The Hall–Kier alpha value is -5.30. The molecule has 7 aromatic rings. The minimum atomic E-state index is -4.55. The van der Waals surface area contributed by atoms with Crippen molar-refractivity contribution in [3.63, 3.8) is 0 Å². The number of hydrogen-bond donors (Lipinski definition) is 1. The molecule has 19 heteroatoms. The number of aromatic nitrogens is 4. The molecule has 0 spiro atoms. The monoisotopic (exact) mass is 830 g/mol. The molecule has 0 saturated carbocycles. The molecule has 1 saturated heterocycles. The van der Waals surface area contributed by atoms with Gasteiger partial charge < -0.3 is 28.6 Å². The van der Waals surface area contributed by atoms with Gasteiger partial charge >= 0.3 is 12.1 Å². The van der Waals surface area contributed by atoms with Crippen LogP contribution in [0, 0.1) is 6.01 Å². The number of likely N-dealkylation sites (N-methyl/N-ethyl adjacent to an activating group) is 1. The summed E-state index contributed by atoms with van der Waals surface area (Å²) in [6.45, 7) is 2.96. The largest absolute Gasteiger partial charge is 0.491 e. The molecule has 4 aromatic heterocycles. The highest BCUT2D eigenvalue weighted by atomic mass is 35.5. The molecule has 8 rings (SSSR count). The number of piperazine rings is 1. The van der Waals surface area contributed by atoms with E-state index in [1.165, 1.54) is 42.6 Å². The van der Waals surface area contributed by atoms with E-state index in [-0.39, 0.29) is 38.9 Å². The van der Waals surface area contributed by atoms with Crippen LogP contribution in [0.15, 0.2) is 65.5 Å². The molecule has 2 atom stereocenters. The summed E-state index contributed by atoms with van der Waals surface area (Å²) in [5.41, 5.74) is -0.0304. The van der Waals surface area contributed by atoms with Crippen molar-refractivity contribution in [3.8, 4) is 17.4 Å². The normalized spacial score (nSPS) is 15.5. The van der Waals surface area contributed by atoms with E-state index in [1.807, 2.05) is 0 Å². The first-order valence-electron chi connectivity index (χ1n) is 17.6. The van der Waals surface area contributed by atoms with Crippen molar-refractivity contribution in [3.05, 3.63) is 83.3 Å². The number of furan rings is 1. The number of ether oxygens (including phenoxy) is 3. The Morgan fingerprint density at radius 3 is 2.58 bits per heavy atom. The van der Waals surface area contributed by atoms with Gasteiger partial charge in [0.05, 0.1) is 20.8 Å². The Balaban J connectivity index is 1.14. The van der Waals surface area contributed by atoms with Crippen molar-refractivity contribution in [1.29, 1.82) is 0 Å². The van der Waals surface area contributed by atoms with Gasteiger partial charge in [-0.25, -0.2) is 19.2 Å². The van der Waals surface area contributed by atoms with Gasteiger partial charge in [0.15, 0.2) is 11.8 Å². The van der Waals surface area contributed by atoms with E-state index in [0.717, 1.165) is 43.8 Å². The number of halogens is 6. The molecule has 298 valence electrons. The fourth-order valence-electron chi connectivity index (χ4n) is 6.93. The standard InChI is InChI=1S/C38H32ClF5N6O6S/c1-48-10-12-49(13-11-48)14-15-53-25-7-6-22-27(30(25)39)23-16-26(40)55-32(23)34-28(22)29-35(45-19-46-36(29)57-34)56-33(37(51)52)31(41)21-4-2-3-5-24(21)54-17-20-8-9-47-50(20)18-38(42,43)44/h2-9,16,19,31,33H,10-15,17-18H2,1H3,(H,51,52). The first kappa shape index (κ1) is 38.6. The average molecular weight is 831 g/mol. The predicted molar refractivity (Wildman–Crippen MR) is 202 cm³/mol. The fraction of sp³-hybridized carbons (Fsp3) is 0.316. The smallest absolute Gasteiger partial charge is 0.408 e. The van der Waals surface area contributed by atoms with Gasteiger partial charge in [0.2, 0.25) is 12.0 Å². The summed E-state index contributed by atoms with van der Waals surface area (Å²) in [5.74, 6) is -1.73. The van der Waals surface area contributed by atoms with Crippen LogP contribution < -0.4 is 14.2 Å². The number of carbonyl (C=O) groups is 1. The quantitative estimate of drug-likeness (QED) is 0.114. The first-order valence-corrected chi connectivity index (χ1v) is 18.8. The number of rotatable bonds is 13. The van der Waals surface area contributed by atoms with E-state index in [1.54, 1.807) is 12.1 Å². The second-order valence-electron chi connectivity index (χ2n) is 13.5. The van der Waals surface area contributed by atoms with Crippen LogP contribution in [-0.2, 0) is 17.9 Å². The summed E-state index contributed by atoms with van der Waals surface area (Å²) in [6, 6.07) is 10.7. The van der Waals surface area contributed by atoms with Crippen molar-refractivity contribution in [1.82, 2.24) is 29.5 Å². The van der Waals surface area contributed by atoms with E-state index in [9.17, 15) is 27.5 Å². The molecule has 2 unspecified atom stereocenters. The van der Waals surface area contributed by atoms with Crippen molar-refractivity contribution in [2.45, 2.75) is 31.6 Å². The van der Waals surface area contributed by atoms with Crippen LogP contribution in [0.3, 0.4) is 0 Å². The summed E-state index contributed by atoms with van der Waals surface area (Å²) in [7, 11) is 2.08. The Bertz CT molecular complexity index is 2610. The van der Waals surface area contributed by atoms with E-state index >= 15 is 4.39 Å². The maximum atomic E-state index is 16.5. The van der Waals surface area contributed by atoms with Crippen LogP contribution in [0.4, 0.5) is 22.0 Å². The van der Waals surface area contributed by atoms with Crippen LogP contribution >= 0.6 is 22.9 Å². The summed E-state index contributed by atoms with van der Waals surface area (Å²) in [6.07, 6.45) is -6.81. The lowest BCUT2D eigenvalue weighted by atomic mass is 10.0. The topological polar surface area (TPSA) is 128 Å². The van der Waals surface area contributed by atoms with E-state index in [2.05, 4.69) is 31.9 Å². The molecule has 1 fully saturated rings. The molecule has 57 heavy (non-hydrogen) atoms. The number of carboxylic acids is 1. The summed E-state index contributed by atoms with van der Waals surface area (Å²) >= 11 is 8.12. The van der Waals surface area contributed by atoms with Gasteiger partial charge in [-0.2, -0.15) is 22.7 Å². The van der Waals surface area contributed by atoms with Crippen molar-refractivity contribution >= 4 is 71.0 Å². The summed E-state index contributed by atoms with van der Waals surface area (Å²) < 4.78 is 95.0. The number of benzene rings is 3. The number of nitrogens with zero attached hydrogens (tertiary/aromatic N) is 6. The summed E-state index contributed by atoms with van der Waals surface area (Å²) in [4.78, 5) is 26.1. The van der Waals surface area contributed by atoms with Gasteiger partial charge in [-0.3, -0.25) is 9.58 Å². The van der Waals surface area contributed by atoms with Gasteiger partial charge in [0.1, 0.15) is 42.4 Å². The molecular weight excluding hydrogens is 799 g/mol. The van der Waals surface area contributed by atoms with Crippen LogP contribution in [-0.4, -0.2) is 99.3 Å². The van der Waals surface area contributed by atoms with Gasteiger partial charge in [-0.1, -0.05) is 29.8 Å². The Kier molecular flexibility index (Phi) is 10.5. The molecule has 0 aliphatic carbocycles. The van der Waals surface area contributed by atoms with Crippen molar-refractivity contribution in [2.75, 3.05) is 46.4 Å². The maximum absolute atomic E-state index is 16.5. The Morgan fingerprint density at radius 2 is 1.81 bits per heavy atom. The maximum Gasteiger partial charge on any atom is 0.408 e. The van der Waals surface area contributed by atoms with E-state index in [0.29, 0.717) is 54.7 Å². The zero-order chi connectivity index (χ0) is 40.0. The number of thiophene rings is 1. The highest BCUT2D eigenvalue weighted by Gasteiger charge is 2.36. The van der Waals surface area contributed by atoms with E-state index < -0.39 is 43.6 Å². The third-order valence-electron chi connectivity index (χ3n) is 9.74. The highest BCUT2D eigenvalue weighted by Crippen LogP contribution is 2.49. The highest BCUT2D eigenvalue weighted by molar-refractivity contribution is 7.26. The molecule has 1 aliphatic rings. The molecule has 3 aromatic carbocycles. The SMILES string of the molecule is CN1CCN(CCOc2ccc3c(c2Cl)c2cc(F)oc2c2sc4ncnc(OC(C(=O)O)C(F)c5ccccc5OCc5ccnn5CC(F)(F)F)c4c32)CC1. The van der Waals surface area contributed by atoms with Crippen LogP contribution in [0.25, 0.3) is 42.0 Å². The molecule has 1 aliphatic heterocycles. The Morgan fingerprint density at radius 1 is 1.02 bits per heavy atom. The minimum absolute atomic E-state index is 0.0542. The number of aliphatic carboxylic acids is 1. The lowest BCUT2D eigenvalue weighted by Crippen LogP contribution is -2.45. The van der Waals surface area contributed by atoms with Gasteiger partial charge in [-0.05, 0) is 36.7 Å². The first-order chi connectivity index (χ1) is 27.4. The number of para-hydroxylation sites is 1. The lowest BCUT2D eigenvalue weighted by molar-refractivity contribution is -0.148. The molecule has 1 N–H and O–H groups in total.